The molecule has 0 saturated heterocycles. The second-order valence-electron chi connectivity index (χ2n) is 2.44. The minimum absolute atomic E-state index is 0.0597. The Morgan fingerprint density at radius 2 is 2.00 bits per heavy atom. The molecule has 1 unspecified atom stereocenters. The fourth-order valence-corrected chi connectivity index (χ4v) is 1.90. The highest BCUT2D eigenvalue weighted by molar-refractivity contribution is 7.54. The fraction of sp³-hybridized carbons (Fsp3) is 0.125. The largest absolute Gasteiger partial charge is 0.386 e. The number of carbonyl (C=O) groups excluding carboxylic acids is 1. The number of hydrogen-bond donors (Lipinski definition) is 2. The zero-order chi connectivity index (χ0) is 9.68. The zero-order valence-electron chi connectivity index (χ0n) is 6.93. The molecule has 0 aliphatic carbocycles. The average Bonchev–Trinajstić information content (AvgIpc) is 2.19. The van der Waals surface area contributed by atoms with Crippen LogP contribution in [-0.4, -0.2) is 12.1 Å². The van der Waals surface area contributed by atoms with Crippen LogP contribution in [0.5, 0.6) is 0 Å². The monoisotopic (exact) mass is 197 g/mol. The van der Waals surface area contributed by atoms with Crippen molar-refractivity contribution >= 4 is 19.0 Å². The van der Waals surface area contributed by atoms with Crippen LogP contribution in [0.15, 0.2) is 30.3 Å². The summed E-state index contributed by atoms with van der Waals surface area (Å²) in [6.07, 6.45) is -0.0597. The van der Waals surface area contributed by atoms with Crippen molar-refractivity contribution in [3.63, 3.8) is 0 Å². The number of rotatable bonds is 3. The van der Waals surface area contributed by atoms with Gasteiger partial charge in [-0.3, -0.25) is 10.2 Å². The SMILES string of the molecule is NNC(=O)C[P+](=O)c1ccccc1. The van der Waals surface area contributed by atoms with Gasteiger partial charge in [0.25, 0.3) is 5.91 Å². The van der Waals surface area contributed by atoms with E-state index >= 15 is 0 Å². The van der Waals surface area contributed by atoms with Crippen molar-refractivity contribution in [2.24, 2.45) is 5.84 Å². The Hall–Kier alpha value is -1.25. The van der Waals surface area contributed by atoms with Gasteiger partial charge in [0.1, 0.15) is 0 Å². The molecule has 1 aromatic carbocycles. The first-order valence-corrected chi connectivity index (χ1v) is 5.17. The highest BCUT2D eigenvalue weighted by atomic mass is 31.1. The van der Waals surface area contributed by atoms with E-state index in [9.17, 15) is 9.36 Å². The number of amides is 1. The van der Waals surface area contributed by atoms with Gasteiger partial charge in [0.15, 0.2) is 5.30 Å². The predicted octanol–water partition coefficient (Wildman–Crippen LogP) is 0.129. The van der Waals surface area contributed by atoms with Crippen LogP contribution in [0.3, 0.4) is 0 Å². The van der Waals surface area contributed by atoms with Crippen molar-refractivity contribution in [3.05, 3.63) is 30.3 Å². The Morgan fingerprint density at radius 3 is 2.54 bits per heavy atom. The maximum absolute atomic E-state index is 11.4. The second-order valence-corrected chi connectivity index (χ2v) is 4.03. The summed E-state index contributed by atoms with van der Waals surface area (Å²) < 4.78 is 11.4. The zero-order valence-corrected chi connectivity index (χ0v) is 7.83. The number of hydrazine groups is 1. The minimum atomic E-state index is -1.66. The number of benzene rings is 1. The molecule has 0 aromatic heterocycles. The quantitative estimate of drug-likeness (QED) is 0.313. The summed E-state index contributed by atoms with van der Waals surface area (Å²) in [6, 6.07) is 8.84. The summed E-state index contributed by atoms with van der Waals surface area (Å²) in [6.45, 7) is 0. The lowest BCUT2D eigenvalue weighted by atomic mass is 10.4. The van der Waals surface area contributed by atoms with Gasteiger partial charge < -0.3 is 0 Å². The molecule has 68 valence electrons. The van der Waals surface area contributed by atoms with E-state index in [-0.39, 0.29) is 6.16 Å². The maximum atomic E-state index is 11.4. The van der Waals surface area contributed by atoms with Crippen LogP contribution in [0.2, 0.25) is 0 Å². The molecule has 5 heteroatoms. The molecule has 0 aliphatic rings. The lowest BCUT2D eigenvalue weighted by Gasteiger charge is -1.89. The molecule has 0 heterocycles. The van der Waals surface area contributed by atoms with Gasteiger partial charge >= 0.3 is 7.80 Å². The summed E-state index contributed by atoms with van der Waals surface area (Å²) in [5, 5.41) is 0.668. The fourth-order valence-electron chi connectivity index (χ4n) is 0.862. The van der Waals surface area contributed by atoms with Crippen molar-refractivity contribution in [2.45, 2.75) is 0 Å². The van der Waals surface area contributed by atoms with E-state index in [1.165, 1.54) is 0 Å². The standard InChI is InChI=1S/C8H9N2O2P/c9-10-8(11)6-13(12)7-4-2-1-3-5-7/h1-5H,6,9H2/p+1. The van der Waals surface area contributed by atoms with Crippen LogP contribution in [0.25, 0.3) is 0 Å². The third-order valence-electron chi connectivity index (χ3n) is 1.49. The van der Waals surface area contributed by atoms with Gasteiger partial charge in [0.05, 0.1) is 0 Å². The highest BCUT2D eigenvalue weighted by Crippen LogP contribution is 2.18. The molecule has 13 heavy (non-hydrogen) atoms. The molecule has 0 saturated carbocycles. The summed E-state index contributed by atoms with van der Waals surface area (Å²) in [5.41, 5.74) is 1.94. The Balaban J connectivity index is 2.65. The smallest absolute Gasteiger partial charge is 0.291 e. The predicted molar refractivity (Wildman–Crippen MR) is 50.9 cm³/mol. The summed E-state index contributed by atoms with van der Waals surface area (Å²) in [5.74, 6) is 4.46. The van der Waals surface area contributed by atoms with E-state index in [0.29, 0.717) is 5.30 Å². The van der Waals surface area contributed by atoms with Gasteiger partial charge in [-0.25, -0.2) is 5.84 Å². The van der Waals surface area contributed by atoms with E-state index in [1.807, 2.05) is 11.5 Å². The highest BCUT2D eigenvalue weighted by Gasteiger charge is 2.22. The van der Waals surface area contributed by atoms with Crippen molar-refractivity contribution < 1.29 is 9.36 Å². The molecule has 1 atom stereocenters. The van der Waals surface area contributed by atoms with Gasteiger partial charge in [0, 0.05) is 0 Å². The lowest BCUT2D eigenvalue weighted by Crippen LogP contribution is -2.32. The van der Waals surface area contributed by atoms with Crippen molar-refractivity contribution in [1.82, 2.24) is 5.43 Å². The summed E-state index contributed by atoms with van der Waals surface area (Å²) in [4.78, 5) is 10.8. The third-order valence-corrected chi connectivity index (χ3v) is 2.94. The van der Waals surface area contributed by atoms with Gasteiger partial charge in [-0.2, -0.15) is 0 Å². The summed E-state index contributed by atoms with van der Waals surface area (Å²) >= 11 is 0. The molecule has 0 fully saturated rings. The first-order valence-electron chi connectivity index (χ1n) is 3.73. The number of carbonyl (C=O) groups is 1. The third kappa shape index (κ3) is 2.93. The van der Waals surface area contributed by atoms with E-state index in [1.54, 1.807) is 24.3 Å². The molecule has 1 rings (SSSR count). The van der Waals surface area contributed by atoms with E-state index < -0.39 is 13.7 Å². The Labute approximate surface area is 76.9 Å². The molecular weight excluding hydrogens is 187 g/mol. The van der Waals surface area contributed by atoms with Gasteiger partial charge in [-0.15, -0.1) is 0 Å². The van der Waals surface area contributed by atoms with Crippen LogP contribution < -0.4 is 16.6 Å². The van der Waals surface area contributed by atoms with E-state index in [0.717, 1.165) is 0 Å². The van der Waals surface area contributed by atoms with Crippen LogP contribution in [-0.2, 0) is 9.36 Å². The molecule has 1 aromatic rings. The van der Waals surface area contributed by atoms with Crippen LogP contribution in [0.1, 0.15) is 0 Å². The molecule has 1 amide bonds. The molecule has 0 aliphatic heterocycles. The van der Waals surface area contributed by atoms with Crippen molar-refractivity contribution in [2.75, 3.05) is 6.16 Å². The maximum Gasteiger partial charge on any atom is 0.386 e. The number of hydrogen-bond acceptors (Lipinski definition) is 3. The molecular formula is C8H10N2O2P+. The molecule has 0 bridgehead atoms. The topological polar surface area (TPSA) is 72.2 Å². The van der Waals surface area contributed by atoms with Crippen LogP contribution >= 0.6 is 7.80 Å². The van der Waals surface area contributed by atoms with E-state index in [4.69, 9.17) is 5.84 Å². The Bertz CT molecular complexity index is 313. The minimum Gasteiger partial charge on any atom is -0.291 e. The average molecular weight is 197 g/mol. The lowest BCUT2D eigenvalue weighted by molar-refractivity contribution is -0.118. The van der Waals surface area contributed by atoms with Crippen LogP contribution in [0, 0.1) is 0 Å². The molecule has 4 nitrogen and oxygen atoms in total. The molecule has 0 spiro atoms. The van der Waals surface area contributed by atoms with Gasteiger partial charge in [-0.1, -0.05) is 22.8 Å². The first-order chi connectivity index (χ1) is 6.24. The Morgan fingerprint density at radius 1 is 1.38 bits per heavy atom. The number of nitrogens with two attached hydrogens (primary N) is 1. The van der Waals surface area contributed by atoms with Crippen molar-refractivity contribution in [1.29, 1.82) is 0 Å². The summed E-state index contributed by atoms with van der Waals surface area (Å²) in [7, 11) is -1.66. The van der Waals surface area contributed by atoms with Gasteiger partial charge in [-0.05, 0) is 12.1 Å². The molecule has 3 N–H and O–H groups in total. The first kappa shape index (κ1) is 9.84. The normalized spacial score (nSPS) is 10.7. The van der Waals surface area contributed by atoms with Gasteiger partial charge in [0.2, 0.25) is 6.16 Å². The van der Waals surface area contributed by atoms with Crippen molar-refractivity contribution in [3.8, 4) is 0 Å². The van der Waals surface area contributed by atoms with E-state index in [2.05, 4.69) is 0 Å². The van der Waals surface area contributed by atoms with Crippen LogP contribution in [0.4, 0.5) is 0 Å². The Kier molecular flexibility index (Phi) is 3.55. The second kappa shape index (κ2) is 4.70. The molecule has 0 radical (unpaired) electrons. The number of nitrogens with one attached hydrogen (secondary N) is 1.